The largest absolute Gasteiger partial charge is 0.365 e. The Morgan fingerprint density at radius 1 is 0.962 bits per heavy atom. The SMILES string of the molecule is NC(=O)c1ccc(-c2ccc(CCc3ccccn3)cc2)n2ncnc12. The van der Waals surface area contributed by atoms with Crippen molar-refractivity contribution in [3.63, 3.8) is 0 Å². The van der Waals surface area contributed by atoms with E-state index in [-0.39, 0.29) is 0 Å². The Labute approximate surface area is 150 Å². The third-order valence-corrected chi connectivity index (χ3v) is 4.34. The minimum absolute atomic E-state index is 0.359. The number of fused-ring (bicyclic) bond motifs is 1. The predicted octanol–water partition coefficient (Wildman–Crippen LogP) is 2.68. The van der Waals surface area contributed by atoms with E-state index in [2.05, 4.69) is 27.2 Å². The van der Waals surface area contributed by atoms with Gasteiger partial charge in [-0.2, -0.15) is 5.10 Å². The van der Waals surface area contributed by atoms with Crippen LogP contribution in [0.25, 0.3) is 16.9 Å². The molecule has 0 aliphatic heterocycles. The van der Waals surface area contributed by atoms with E-state index >= 15 is 0 Å². The van der Waals surface area contributed by atoms with Crippen molar-refractivity contribution < 1.29 is 4.79 Å². The van der Waals surface area contributed by atoms with Gasteiger partial charge in [0.05, 0.1) is 11.3 Å². The van der Waals surface area contributed by atoms with Gasteiger partial charge in [0.25, 0.3) is 5.91 Å². The third-order valence-electron chi connectivity index (χ3n) is 4.34. The van der Waals surface area contributed by atoms with Crippen molar-refractivity contribution in [2.24, 2.45) is 5.73 Å². The zero-order valence-electron chi connectivity index (χ0n) is 14.0. The van der Waals surface area contributed by atoms with Crippen LogP contribution in [0.2, 0.25) is 0 Å². The van der Waals surface area contributed by atoms with Crippen molar-refractivity contribution in [1.82, 2.24) is 19.6 Å². The average Bonchev–Trinajstić information content (AvgIpc) is 3.16. The van der Waals surface area contributed by atoms with Crippen LogP contribution in [-0.4, -0.2) is 25.5 Å². The molecule has 128 valence electrons. The maximum Gasteiger partial charge on any atom is 0.252 e. The summed E-state index contributed by atoms with van der Waals surface area (Å²) in [5.41, 5.74) is 10.4. The number of nitrogens with two attached hydrogens (primary N) is 1. The number of nitrogens with zero attached hydrogens (tertiary/aromatic N) is 4. The molecule has 2 N–H and O–H groups in total. The topological polar surface area (TPSA) is 86.2 Å². The molecule has 0 unspecified atom stereocenters. The number of carbonyl (C=O) groups excluding carboxylic acids is 1. The Hall–Kier alpha value is -3.54. The third kappa shape index (κ3) is 3.04. The Morgan fingerprint density at radius 2 is 1.81 bits per heavy atom. The minimum Gasteiger partial charge on any atom is -0.365 e. The number of pyridine rings is 2. The standard InChI is InChI=1S/C20H17N5O/c21-19(26)17-10-11-18(25-20(17)23-13-24-25)15-7-4-14(5-8-15)6-9-16-3-1-2-12-22-16/h1-5,7-8,10-13H,6,9H2,(H2,21,26). The van der Waals surface area contributed by atoms with Crippen molar-refractivity contribution in [2.45, 2.75) is 12.8 Å². The molecule has 0 aliphatic rings. The molecule has 6 nitrogen and oxygen atoms in total. The first-order valence-electron chi connectivity index (χ1n) is 8.34. The Bertz CT molecular complexity index is 1050. The number of aryl methyl sites for hydroxylation is 2. The molecule has 6 heteroatoms. The summed E-state index contributed by atoms with van der Waals surface area (Å²) in [6.45, 7) is 0. The molecule has 0 radical (unpaired) electrons. The van der Waals surface area contributed by atoms with Crippen molar-refractivity contribution in [3.8, 4) is 11.3 Å². The molecule has 1 amide bonds. The van der Waals surface area contributed by atoms with Crippen LogP contribution in [0.1, 0.15) is 21.6 Å². The molecule has 1 aromatic carbocycles. The Balaban J connectivity index is 1.59. The van der Waals surface area contributed by atoms with Crippen LogP contribution >= 0.6 is 0 Å². The van der Waals surface area contributed by atoms with Gasteiger partial charge in [-0.15, -0.1) is 0 Å². The maximum atomic E-state index is 11.5. The van der Waals surface area contributed by atoms with Gasteiger partial charge in [-0.05, 0) is 42.7 Å². The van der Waals surface area contributed by atoms with Crippen LogP contribution in [0.15, 0.2) is 67.1 Å². The number of hydrogen-bond acceptors (Lipinski definition) is 4. The second-order valence-corrected chi connectivity index (χ2v) is 6.01. The van der Waals surface area contributed by atoms with Crippen LogP contribution in [0.3, 0.4) is 0 Å². The van der Waals surface area contributed by atoms with E-state index < -0.39 is 5.91 Å². The number of carbonyl (C=O) groups is 1. The molecule has 3 heterocycles. The predicted molar refractivity (Wildman–Crippen MR) is 98.6 cm³/mol. The lowest BCUT2D eigenvalue weighted by molar-refractivity contribution is 0.100. The molecule has 0 aliphatic carbocycles. The molecule has 4 aromatic rings. The zero-order valence-corrected chi connectivity index (χ0v) is 14.0. The van der Waals surface area contributed by atoms with Crippen LogP contribution in [-0.2, 0) is 12.8 Å². The summed E-state index contributed by atoms with van der Waals surface area (Å²) in [6, 6.07) is 17.8. The number of rotatable bonds is 5. The number of amides is 1. The Kier molecular flexibility index (Phi) is 4.15. The van der Waals surface area contributed by atoms with Crippen molar-refractivity contribution in [1.29, 1.82) is 0 Å². The average molecular weight is 343 g/mol. The fraction of sp³-hybridized carbons (Fsp3) is 0.100. The quantitative estimate of drug-likeness (QED) is 0.603. The monoisotopic (exact) mass is 343 g/mol. The van der Waals surface area contributed by atoms with Crippen LogP contribution in [0, 0.1) is 0 Å². The molecule has 0 saturated heterocycles. The number of hydrogen-bond donors (Lipinski definition) is 1. The molecule has 0 bridgehead atoms. The molecule has 4 rings (SSSR count). The van der Waals surface area contributed by atoms with Gasteiger partial charge in [-0.3, -0.25) is 9.78 Å². The molecule has 0 atom stereocenters. The second kappa shape index (κ2) is 6.76. The molecule has 0 spiro atoms. The lowest BCUT2D eigenvalue weighted by Gasteiger charge is -2.08. The summed E-state index contributed by atoms with van der Waals surface area (Å²) in [5.74, 6) is -0.514. The lowest BCUT2D eigenvalue weighted by atomic mass is 10.0. The maximum absolute atomic E-state index is 11.5. The Morgan fingerprint density at radius 3 is 2.54 bits per heavy atom. The van der Waals surface area contributed by atoms with Gasteiger partial charge in [0.1, 0.15) is 6.33 Å². The smallest absolute Gasteiger partial charge is 0.252 e. The first kappa shape index (κ1) is 16.0. The lowest BCUT2D eigenvalue weighted by Crippen LogP contribution is -2.13. The number of benzene rings is 1. The van der Waals surface area contributed by atoms with Crippen molar-refractivity contribution in [2.75, 3.05) is 0 Å². The molecule has 26 heavy (non-hydrogen) atoms. The van der Waals surface area contributed by atoms with Crippen molar-refractivity contribution in [3.05, 3.63) is 83.9 Å². The first-order valence-corrected chi connectivity index (χ1v) is 8.34. The number of primary amides is 1. The van der Waals surface area contributed by atoms with Gasteiger partial charge in [-0.25, -0.2) is 9.50 Å². The van der Waals surface area contributed by atoms with Gasteiger partial charge in [0.2, 0.25) is 0 Å². The fourth-order valence-corrected chi connectivity index (χ4v) is 2.98. The summed E-state index contributed by atoms with van der Waals surface area (Å²) in [7, 11) is 0. The summed E-state index contributed by atoms with van der Waals surface area (Å²) in [6.07, 6.45) is 5.07. The van der Waals surface area contributed by atoms with Gasteiger partial charge in [-0.1, -0.05) is 30.3 Å². The van der Waals surface area contributed by atoms with Gasteiger partial charge in [0.15, 0.2) is 5.65 Å². The van der Waals surface area contributed by atoms with E-state index in [1.165, 1.54) is 11.9 Å². The molecule has 3 aromatic heterocycles. The van der Waals surface area contributed by atoms with Crippen molar-refractivity contribution >= 4 is 11.6 Å². The van der Waals surface area contributed by atoms with E-state index in [0.29, 0.717) is 11.2 Å². The zero-order chi connectivity index (χ0) is 17.9. The van der Waals surface area contributed by atoms with Gasteiger partial charge in [0, 0.05) is 17.5 Å². The molecular weight excluding hydrogens is 326 g/mol. The highest BCUT2D eigenvalue weighted by Gasteiger charge is 2.13. The summed E-state index contributed by atoms with van der Waals surface area (Å²) in [5, 5.41) is 4.23. The highest BCUT2D eigenvalue weighted by molar-refractivity contribution is 5.99. The van der Waals surface area contributed by atoms with Gasteiger partial charge < -0.3 is 5.73 Å². The highest BCUT2D eigenvalue weighted by atomic mass is 16.1. The molecule has 0 saturated carbocycles. The first-order chi connectivity index (χ1) is 12.7. The minimum atomic E-state index is -0.514. The summed E-state index contributed by atoms with van der Waals surface area (Å²) >= 11 is 0. The fourth-order valence-electron chi connectivity index (χ4n) is 2.98. The summed E-state index contributed by atoms with van der Waals surface area (Å²) in [4.78, 5) is 20.0. The molecular formula is C20H17N5O. The van der Waals surface area contributed by atoms with E-state index in [9.17, 15) is 4.79 Å². The second-order valence-electron chi connectivity index (χ2n) is 6.01. The van der Waals surface area contributed by atoms with Gasteiger partial charge >= 0.3 is 0 Å². The summed E-state index contributed by atoms with van der Waals surface area (Å²) < 4.78 is 1.64. The van der Waals surface area contributed by atoms with Crippen LogP contribution < -0.4 is 5.73 Å². The number of aromatic nitrogens is 4. The van der Waals surface area contributed by atoms with E-state index in [0.717, 1.165) is 29.8 Å². The molecule has 0 fully saturated rings. The van der Waals surface area contributed by atoms with E-state index in [1.807, 2.05) is 42.6 Å². The highest BCUT2D eigenvalue weighted by Crippen LogP contribution is 2.22. The van der Waals surface area contributed by atoms with E-state index in [1.54, 1.807) is 10.6 Å². The normalized spacial score (nSPS) is 10.9. The van der Waals surface area contributed by atoms with Crippen LogP contribution in [0.5, 0.6) is 0 Å². The van der Waals surface area contributed by atoms with Crippen LogP contribution in [0.4, 0.5) is 0 Å². The van der Waals surface area contributed by atoms with E-state index in [4.69, 9.17) is 5.73 Å².